The van der Waals surface area contributed by atoms with Gasteiger partial charge in [0, 0.05) is 32.7 Å². The Kier molecular flexibility index (Phi) is 7.38. The van der Waals surface area contributed by atoms with Gasteiger partial charge < -0.3 is 10.0 Å². The van der Waals surface area contributed by atoms with Crippen LogP contribution in [0.3, 0.4) is 0 Å². The predicted octanol–water partition coefficient (Wildman–Crippen LogP) is 2.33. The fourth-order valence-corrected chi connectivity index (χ4v) is 3.81. The Labute approximate surface area is 172 Å². The van der Waals surface area contributed by atoms with Crippen LogP contribution in [0.25, 0.3) is 0 Å². The van der Waals surface area contributed by atoms with Crippen molar-refractivity contribution >= 4 is 11.9 Å². The van der Waals surface area contributed by atoms with E-state index in [9.17, 15) is 9.59 Å². The number of carboxylic acid groups (broad SMARTS) is 1. The molecule has 0 spiro atoms. The van der Waals surface area contributed by atoms with Gasteiger partial charge in [-0.3, -0.25) is 19.4 Å². The van der Waals surface area contributed by atoms with Crippen molar-refractivity contribution in [1.29, 1.82) is 0 Å². The van der Waals surface area contributed by atoms with Gasteiger partial charge in [-0.05, 0) is 18.2 Å². The van der Waals surface area contributed by atoms with E-state index in [0.717, 1.165) is 13.1 Å². The number of carbonyl (C=O) groups excluding carboxylic acids is 1. The summed E-state index contributed by atoms with van der Waals surface area (Å²) in [5.41, 5.74) is 2.51. The van der Waals surface area contributed by atoms with Gasteiger partial charge in [-0.25, -0.2) is 0 Å². The molecule has 1 N–H and O–H groups in total. The minimum Gasteiger partial charge on any atom is -0.481 e. The highest BCUT2D eigenvalue weighted by molar-refractivity contribution is 5.78. The number of amides is 1. The number of rotatable bonds is 8. The lowest BCUT2D eigenvalue weighted by Crippen LogP contribution is -2.51. The lowest BCUT2D eigenvalue weighted by Gasteiger charge is -2.40. The largest absolute Gasteiger partial charge is 0.481 e. The van der Waals surface area contributed by atoms with Gasteiger partial charge in [-0.15, -0.1) is 0 Å². The van der Waals surface area contributed by atoms with Gasteiger partial charge >= 0.3 is 5.97 Å². The first-order valence-corrected chi connectivity index (χ1v) is 10.1. The summed E-state index contributed by atoms with van der Waals surface area (Å²) in [5, 5.41) is 8.79. The average Bonchev–Trinajstić information content (AvgIpc) is 2.74. The number of carboxylic acids is 1. The molecule has 0 bridgehead atoms. The van der Waals surface area contributed by atoms with Crippen molar-refractivity contribution in [2.24, 2.45) is 0 Å². The van der Waals surface area contributed by atoms with Crippen molar-refractivity contribution in [2.45, 2.75) is 12.5 Å². The van der Waals surface area contributed by atoms with Crippen molar-refractivity contribution < 1.29 is 14.7 Å². The third-order valence-electron chi connectivity index (χ3n) is 5.38. The number of carbonyl (C=O) groups is 2. The molecular formula is C23H29N3O3. The standard InChI is InChI=1S/C23H29N3O3/c1-24(13-12-22(28)29)18-21(27)25-14-16-26(17-15-25)23(19-8-4-2-5-9-19)20-10-6-3-7-11-20/h2-11,23H,12-18H2,1H3,(H,28,29). The molecule has 6 heteroatoms. The summed E-state index contributed by atoms with van der Waals surface area (Å²) in [6.07, 6.45) is 0.0490. The molecule has 3 rings (SSSR count). The number of benzene rings is 2. The summed E-state index contributed by atoms with van der Waals surface area (Å²) in [6.45, 7) is 3.61. The van der Waals surface area contributed by atoms with E-state index < -0.39 is 5.97 Å². The minimum absolute atomic E-state index is 0.0490. The molecule has 0 unspecified atom stereocenters. The molecule has 1 fully saturated rings. The number of hydrogen-bond donors (Lipinski definition) is 1. The van der Waals surface area contributed by atoms with E-state index in [1.54, 1.807) is 11.9 Å². The Bertz CT molecular complexity index is 750. The number of nitrogens with zero attached hydrogens (tertiary/aromatic N) is 3. The van der Waals surface area contributed by atoms with Crippen molar-refractivity contribution in [3.8, 4) is 0 Å². The van der Waals surface area contributed by atoms with Crippen LogP contribution < -0.4 is 0 Å². The molecule has 0 saturated carbocycles. The summed E-state index contributed by atoms with van der Waals surface area (Å²) in [6, 6.07) is 21.1. The molecular weight excluding hydrogens is 366 g/mol. The van der Waals surface area contributed by atoms with E-state index in [2.05, 4.69) is 53.4 Å². The lowest BCUT2D eigenvalue weighted by atomic mass is 9.96. The van der Waals surface area contributed by atoms with E-state index in [-0.39, 0.29) is 24.9 Å². The fraction of sp³-hybridized carbons (Fsp3) is 0.391. The van der Waals surface area contributed by atoms with Gasteiger partial charge in [0.05, 0.1) is 19.0 Å². The maximum absolute atomic E-state index is 12.6. The van der Waals surface area contributed by atoms with E-state index in [1.807, 2.05) is 17.0 Å². The van der Waals surface area contributed by atoms with Gasteiger partial charge in [-0.1, -0.05) is 60.7 Å². The first-order chi connectivity index (χ1) is 14.0. The number of piperazine rings is 1. The van der Waals surface area contributed by atoms with Crippen LogP contribution in [0.1, 0.15) is 23.6 Å². The Morgan fingerprint density at radius 1 is 0.931 bits per heavy atom. The van der Waals surface area contributed by atoms with Crippen LogP contribution in [0.15, 0.2) is 60.7 Å². The monoisotopic (exact) mass is 395 g/mol. The van der Waals surface area contributed by atoms with Crippen LogP contribution >= 0.6 is 0 Å². The summed E-state index contributed by atoms with van der Waals surface area (Å²) in [7, 11) is 1.79. The molecule has 6 nitrogen and oxygen atoms in total. The first-order valence-electron chi connectivity index (χ1n) is 10.1. The Hall–Kier alpha value is -2.70. The Morgan fingerprint density at radius 3 is 1.93 bits per heavy atom. The van der Waals surface area contributed by atoms with Crippen LogP contribution in [-0.4, -0.2) is 78.0 Å². The third-order valence-corrected chi connectivity index (χ3v) is 5.38. The molecule has 1 saturated heterocycles. The normalized spacial score (nSPS) is 15.1. The zero-order valence-electron chi connectivity index (χ0n) is 16.9. The predicted molar refractivity (Wildman–Crippen MR) is 113 cm³/mol. The molecule has 1 aliphatic rings. The molecule has 1 aliphatic heterocycles. The van der Waals surface area contributed by atoms with Crippen molar-refractivity contribution in [1.82, 2.24) is 14.7 Å². The second kappa shape index (κ2) is 10.2. The van der Waals surface area contributed by atoms with Crippen LogP contribution in [0.4, 0.5) is 0 Å². The highest BCUT2D eigenvalue weighted by Crippen LogP contribution is 2.29. The topological polar surface area (TPSA) is 64.1 Å². The van der Waals surface area contributed by atoms with Crippen molar-refractivity contribution in [2.75, 3.05) is 46.3 Å². The maximum Gasteiger partial charge on any atom is 0.304 e. The average molecular weight is 396 g/mol. The highest BCUT2D eigenvalue weighted by Gasteiger charge is 2.28. The quantitative estimate of drug-likeness (QED) is 0.743. The van der Waals surface area contributed by atoms with Gasteiger partial charge in [0.25, 0.3) is 0 Å². The van der Waals surface area contributed by atoms with Crippen molar-refractivity contribution in [3.63, 3.8) is 0 Å². The number of hydrogen-bond acceptors (Lipinski definition) is 4. The van der Waals surface area contributed by atoms with Crippen LogP contribution in [0.5, 0.6) is 0 Å². The summed E-state index contributed by atoms with van der Waals surface area (Å²) < 4.78 is 0. The summed E-state index contributed by atoms with van der Waals surface area (Å²) in [5.74, 6) is -0.778. The van der Waals surface area contributed by atoms with Crippen molar-refractivity contribution in [3.05, 3.63) is 71.8 Å². The van der Waals surface area contributed by atoms with Gasteiger partial charge in [0.2, 0.25) is 5.91 Å². The zero-order valence-corrected chi connectivity index (χ0v) is 16.9. The molecule has 29 heavy (non-hydrogen) atoms. The molecule has 2 aromatic carbocycles. The first kappa shape index (κ1) is 21.0. The third kappa shape index (κ3) is 5.89. The molecule has 0 atom stereocenters. The summed E-state index contributed by atoms with van der Waals surface area (Å²) >= 11 is 0. The fourth-order valence-electron chi connectivity index (χ4n) is 3.81. The number of aliphatic carboxylic acids is 1. The van der Waals surface area contributed by atoms with E-state index >= 15 is 0 Å². The smallest absolute Gasteiger partial charge is 0.304 e. The summed E-state index contributed by atoms with van der Waals surface area (Å²) in [4.78, 5) is 29.4. The van der Waals surface area contributed by atoms with Crippen LogP contribution in [0.2, 0.25) is 0 Å². The molecule has 154 valence electrons. The molecule has 0 aliphatic carbocycles. The van der Waals surface area contributed by atoms with E-state index in [1.165, 1.54) is 11.1 Å². The van der Waals surface area contributed by atoms with E-state index in [4.69, 9.17) is 5.11 Å². The molecule has 0 radical (unpaired) electrons. The van der Waals surface area contributed by atoms with Crippen LogP contribution in [-0.2, 0) is 9.59 Å². The molecule has 2 aromatic rings. The van der Waals surface area contributed by atoms with Crippen LogP contribution in [0, 0.1) is 0 Å². The SMILES string of the molecule is CN(CCC(=O)O)CC(=O)N1CCN(C(c2ccccc2)c2ccccc2)CC1. The number of likely N-dealkylation sites (N-methyl/N-ethyl adjacent to an activating group) is 1. The van der Waals surface area contributed by atoms with Gasteiger partial charge in [0.15, 0.2) is 0 Å². The highest BCUT2D eigenvalue weighted by atomic mass is 16.4. The zero-order chi connectivity index (χ0) is 20.6. The maximum atomic E-state index is 12.6. The second-order valence-corrected chi connectivity index (χ2v) is 7.52. The van der Waals surface area contributed by atoms with E-state index in [0.29, 0.717) is 19.6 Å². The minimum atomic E-state index is -0.842. The lowest BCUT2D eigenvalue weighted by molar-refractivity contribution is -0.138. The molecule has 1 heterocycles. The van der Waals surface area contributed by atoms with Gasteiger partial charge in [0.1, 0.15) is 0 Å². The molecule has 0 aromatic heterocycles. The van der Waals surface area contributed by atoms with Gasteiger partial charge in [-0.2, -0.15) is 0 Å². The second-order valence-electron chi connectivity index (χ2n) is 7.52. The Balaban J connectivity index is 1.62. The molecule has 1 amide bonds. The Morgan fingerprint density at radius 2 is 1.45 bits per heavy atom.